The van der Waals surface area contributed by atoms with Crippen molar-refractivity contribution < 1.29 is 15.0 Å². The van der Waals surface area contributed by atoms with E-state index in [2.05, 4.69) is 9.97 Å². The van der Waals surface area contributed by atoms with Crippen molar-refractivity contribution in [3.05, 3.63) is 40.1 Å². The van der Waals surface area contributed by atoms with E-state index < -0.39 is 5.97 Å². The summed E-state index contributed by atoms with van der Waals surface area (Å²) in [7, 11) is 0. The smallest absolute Gasteiger partial charge is 0.304 e. The molecule has 5 nitrogen and oxygen atoms in total. The second-order valence-corrected chi connectivity index (χ2v) is 5.20. The Bertz CT molecular complexity index is 568. The van der Waals surface area contributed by atoms with Crippen LogP contribution in [0.25, 0.3) is 0 Å². The third-order valence-electron chi connectivity index (χ3n) is 2.46. The first-order valence-corrected chi connectivity index (χ1v) is 6.16. The molecule has 0 saturated heterocycles. The fourth-order valence-corrected chi connectivity index (χ4v) is 2.59. The average molecular weight is 264 g/mol. The lowest BCUT2D eigenvalue weighted by molar-refractivity contribution is -0.137. The van der Waals surface area contributed by atoms with Crippen molar-refractivity contribution in [1.82, 2.24) is 9.97 Å². The SMILES string of the molecule is Cc1cnc(C(CC(=O)O)c2cncc(O)c2)s1. The number of aromatic nitrogens is 2. The highest BCUT2D eigenvalue weighted by molar-refractivity contribution is 7.11. The molecule has 0 aromatic carbocycles. The molecule has 0 aliphatic carbocycles. The molecule has 2 aromatic heterocycles. The predicted molar refractivity (Wildman–Crippen MR) is 66.8 cm³/mol. The van der Waals surface area contributed by atoms with E-state index in [1.807, 2.05) is 6.92 Å². The Morgan fingerprint density at radius 2 is 2.22 bits per heavy atom. The van der Waals surface area contributed by atoms with Gasteiger partial charge in [-0.2, -0.15) is 0 Å². The fourth-order valence-electron chi connectivity index (χ4n) is 1.69. The van der Waals surface area contributed by atoms with Gasteiger partial charge in [0.05, 0.1) is 12.6 Å². The van der Waals surface area contributed by atoms with Crippen LogP contribution in [0, 0.1) is 6.92 Å². The van der Waals surface area contributed by atoms with E-state index in [-0.39, 0.29) is 18.1 Å². The average Bonchev–Trinajstić information content (AvgIpc) is 2.72. The highest BCUT2D eigenvalue weighted by Crippen LogP contribution is 2.31. The van der Waals surface area contributed by atoms with Gasteiger partial charge in [0.15, 0.2) is 0 Å². The first-order chi connectivity index (χ1) is 8.56. The van der Waals surface area contributed by atoms with Crippen LogP contribution in [-0.2, 0) is 4.79 Å². The number of thiazole rings is 1. The lowest BCUT2D eigenvalue weighted by Gasteiger charge is -2.12. The number of hydrogen-bond donors (Lipinski definition) is 2. The van der Waals surface area contributed by atoms with Crippen molar-refractivity contribution in [1.29, 1.82) is 0 Å². The van der Waals surface area contributed by atoms with E-state index in [4.69, 9.17) is 5.11 Å². The minimum absolute atomic E-state index is 0.0242. The van der Waals surface area contributed by atoms with Crippen LogP contribution in [0.15, 0.2) is 24.7 Å². The largest absolute Gasteiger partial charge is 0.506 e. The summed E-state index contributed by atoms with van der Waals surface area (Å²) >= 11 is 1.45. The minimum atomic E-state index is -0.906. The van der Waals surface area contributed by atoms with Gasteiger partial charge in [0.2, 0.25) is 0 Å². The molecule has 0 amide bonds. The first-order valence-electron chi connectivity index (χ1n) is 5.34. The summed E-state index contributed by atoms with van der Waals surface area (Å²) in [6.45, 7) is 1.92. The Balaban J connectivity index is 2.39. The summed E-state index contributed by atoms with van der Waals surface area (Å²) in [6, 6.07) is 1.53. The van der Waals surface area contributed by atoms with Gasteiger partial charge in [-0.3, -0.25) is 9.78 Å². The molecule has 0 aliphatic rings. The van der Waals surface area contributed by atoms with Crippen LogP contribution in [0.5, 0.6) is 5.75 Å². The molecule has 2 heterocycles. The Morgan fingerprint density at radius 3 is 2.78 bits per heavy atom. The number of nitrogens with zero attached hydrogens (tertiary/aromatic N) is 2. The maximum absolute atomic E-state index is 10.9. The van der Waals surface area contributed by atoms with Gasteiger partial charge in [0, 0.05) is 23.2 Å². The quantitative estimate of drug-likeness (QED) is 0.884. The van der Waals surface area contributed by atoms with Gasteiger partial charge < -0.3 is 10.2 Å². The van der Waals surface area contributed by atoms with Crippen molar-refractivity contribution in [3.8, 4) is 5.75 Å². The van der Waals surface area contributed by atoms with Gasteiger partial charge in [-0.1, -0.05) is 0 Å². The molecule has 0 bridgehead atoms. The van der Waals surface area contributed by atoms with Crippen molar-refractivity contribution in [2.45, 2.75) is 19.3 Å². The molecule has 0 spiro atoms. The molecule has 1 atom stereocenters. The Kier molecular flexibility index (Phi) is 3.57. The molecule has 2 rings (SSSR count). The molecule has 0 fully saturated rings. The van der Waals surface area contributed by atoms with Gasteiger partial charge in [-0.05, 0) is 18.6 Å². The lowest BCUT2D eigenvalue weighted by Crippen LogP contribution is -2.08. The van der Waals surface area contributed by atoms with E-state index >= 15 is 0 Å². The zero-order valence-electron chi connectivity index (χ0n) is 9.70. The zero-order chi connectivity index (χ0) is 13.1. The van der Waals surface area contributed by atoms with Crippen LogP contribution in [-0.4, -0.2) is 26.2 Å². The number of rotatable bonds is 4. The molecule has 18 heavy (non-hydrogen) atoms. The topological polar surface area (TPSA) is 83.3 Å². The predicted octanol–water partition coefficient (Wildman–Crippen LogP) is 2.16. The molecule has 94 valence electrons. The van der Waals surface area contributed by atoms with Crippen LogP contribution < -0.4 is 0 Å². The summed E-state index contributed by atoms with van der Waals surface area (Å²) in [5.74, 6) is -1.26. The van der Waals surface area contributed by atoms with E-state index in [9.17, 15) is 9.90 Å². The fraction of sp³-hybridized carbons (Fsp3) is 0.250. The maximum atomic E-state index is 10.9. The number of aromatic hydroxyl groups is 1. The molecule has 2 N–H and O–H groups in total. The first kappa shape index (κ1) is 12.5. The van der Waals surface area contributed by atoms with Crippen molar-refractivity contribution in [3.63, 3.8) is 0 Å². The molecule has 2 aromatic rings. The second kappa shape index (κ2) is 5.14. The third kappa shape index (κ3) is 2.84. The van der Waals surface area contributed by atoms with E-state index in [0.29, 0.717) is 5.56 Å². The monoisotopic (exact) mass is 264 g/mol. The summed E-state index contributed by atoms with van der Waals surface area (Å²) in [6.07, 6.45) is 4.52. The van der Waals surface area contributed by atoms with Gasteiger partial charge in [0.25, 0.3) is 0 Å². The normalized spacial score (nSPS) is 12.3. The van der Waals surface area contributed by atoms with Gasteiger partial charge >= 0.3 is 5.97 Å². The number of carboxylic acids is 1. The maximum Gasteiger partial charge on any atom is 0.304 e. The van der Waals surface area contributed by atoms with Crippen LogP contribution >= 0.6 is 11.3 Å². The highest BCUT2D eigenvalue weighted by Gasteiger charge is 2.21. The van der Waals surface area contributed by atoms with Crippen LogP contribution in [0.4, 0.5) is 0 Å². The molecule has 0 aliphatic heterocycles. The Morgan fingerprint density at radius 1 is 1.44 bits per heavy atom. The zero-order valence-corrected chi connectivity index (χ0v) is 10.5. The number of aliphatic carboxylic acids is 1. The summed E-state index contributed by atoms with van der Waals surface area (Å²) in [4.78, 5) is 20.1. The standard InChI is InChI=1S/C12H12N2O3S/c1-7-4-14-12(18-7)10(3-11(16)17)8-2-9(15)6-13-5-8/h2,4-6,10,15H,3H2,1H3,(H,16,17). The summed E-state index contributed by atoms with van der Waals surface area (Å²) in [5.41, 5.74) is 0.659. The number of aryl methyl sites for hydroxylation is 1. The van der Waals surface area contributed by atoms with Crippen LogP contribution in [0.3, 0.4) is 0 Å². The van der Waals surface area contributed by atoms with Gasteiger partial charge in [-0.15, -0.1) is 11.3 Å². The van der Waals surface area contributed by atoms with Crippen molar-refractivity contribution >= 4 is 17.3 Å². The second-order valence-electron chi connectivity index (χ2n) is 3.94. The summed E-state index contributed by atoms with van der Waals surface area (Å²) < 4.78 is 0. The van der Waals surface area contributed by atoms with Gasteiger partial charge in [0.1, 0.15) is 10.8 Å². The molecule has 0 saturated carbocycles. The van der Waals surface area contributed by atoms with Crippen molar-refractivity contribution in [2.75, 3.05) is 0 Å². The third-order valence-corrected chi connectivity index (χ3v) is 3.49. The molecule has 1 unspecified atom stereocenters. The number of hydrogen-bond acceptors (Lipinski definition) is 5. The molecule has 6 heteroatoms. The highest BCUT2D eigenvalue weighted by atomic mass is 32.1. The molecular weight excluding hydrogens is 252 g/mol. The Labute approximate surface area is 108 Å². The van der Waals surface area contributed by atoms with Gasteiger partial charge in [-0.25, -0.2) is 4.98 Å². The minimum Gasteiger partial charge on any atom is -0.506 e. The summed E-state index contributed by atoms with van der Waals surface area (Å²) in [5, 5.41) is 19.1. The van der Waals surface area contributed by atoms with E-state index in [0.717, 1.165) is 9.88 Å². The molecular formula is C12H12N2O3S. The Hall–Kier alpha value is -1.95. The number of carboxylic acid groups (broad SMARTS) is 1. The van der Waals surface area contributed by atoms with Crippen LogP contribution in [0.1, 0.15) is 27.8 Å². The lowest BCUT2D eigenvalue weighted by atomic mass is 9.98. The van der Waals surface area contributed by atoms with Crippen molar-refractivity contribution in [2.24, 2.45) is 0 Å². The van der Waals surface area contributed by atoms with E-state index in [1.165, 1.54) is 23.6 Å². The number of carbonyl (C=O) groups is 1. The molecule has 0 radical (unpaired) electrons. The van der Waals surface area contributed by atoms with E-state index in [1.54, 1.807) is 12.4 Å². The number of pyridine rings is 1. The van der Waals surface area contributed by atoms with Crippen LogP contribution in [0.2, 0.25) is 0 Å².